The Morgan fingerprint density at radius 2 is 1.62 bits per heavy atom. The van der Waals surface area contributed by atoms with Crippen LogP contribution in [-0.2, 0) is 13.0 Å². The maximum absolute atomic E-state index is 6.39. The summed E-state index contributed by atoms with van der Waals surface area (Å²) in [6, 6.07) is 26.2. The third kappa shape index (κ3) is 8.80. The standard InChI is InChI=1S/C24H31Cl2N.C23H26N2/c1-4-6-19-7-9-20(10-8-19)18(3)27-15-14-24(17-27,13-5-2)21-11-12-22(25)23(26)16-21;1-17-12-14-19(15-13-17)16-25-22-11-7-6-10-21(22)24-23(25)18(2)20-8-4-3-5-9-20/h7-11,16,22H,3-6,12-15,17H2,1-2H3;6-7,10-15,20H,2-5,8-9,16H2,1H3. The van der Waals surface area contributed by atoms with E-state index in [1.54, 1.807) is 0 Å². The summed E-state index contributed by atoms with van der Waals surface area (Å²) < 4.78 is 2.36. The molecule has 1 aliphatic heterocycles. The summed E-state index contributed by atoms with van der Waals surface area (Å²) in [6.45, 7) is 18.4. The van der Waals surface area contributed by atoms with E-state index in [1.807, 2.05) is 0 Å². The lowest BCUT2D eigenvalue weighted by molar-refractivity contribution is 0.334. The molecule has 274 valence electrons. The van der Waals surface area contributed by atoms with Gasteiger partial charge < -0.3 is 9.47 Å². The molecule has 1 aromatic heterocycles. The van der Waals surface area contributed by atoms with E-state index in [4.69, 9.17) is 28.2 Å². The van der Waals surface area contributed by atoms with Crippen LogP contribution in [0, 0.1) is 18.3 Å². The third-order valence-corrected chi connectivity index (χ3v) is 12.4. The number of hydrogen-bond acceptors (Lipinski definition) is 2. The van der Waals surface area contributed by atoms with Crippen LogP contribution in [0.4, 0.5) is 0 Å². The van der Waals surface area contributed by atoms with Gasteiger partial charge in [-0.05, 0) is 97.4 Å². The highest BCUT2D eigenvalue weighted by atomic mass is 35.5. The first-order valence-electron chi connectivity index (χ1n) is 19.7. The first-order valence-corrected chi connectivity index (χ1v) is 20.5. The van der Waals surface area contributed by atoms with Crippen LogP contribution in [0.15, 0.2) is 109 Å². The maximum atomic E-state index is 6.39. The predicted octanol–water partition coefficient (Wildman–Crippen LogP) is 13.1. The van der Waals surface area contributed by atoms with Gasteiger partial charge in [-0.1, -0.05) is 143 Å². The average Bonchev–Trinajstić information content (AvgIpc) is 3.77. The Kier molecular flexibility index (Phi) is 12.9. The van der Waals surface area contributed by atoms with Crippen molar-refractivity contribution in [3.8, 4) is 0 Å². The van der Waals surface area contributed by atoms with E-state index < -0.39 is 0 Å². The molecule has 5 heteroatoms. The van der Waals surface area contributed by atoms with Gasteiger partial charge in [-0.25, -0.2) is 4.98 Å². The fraction of sp³-hybridized carbons (Fsp3) is 0.426. The van der Waals surface area contributed by atoms with Crippen LogP contribution in [0.5, 0.6) is 0 Å². The number of allylic oxidation sites excluding steroid dienone is 4. The molecular formula is C47H57Cl2N3. The lowest BCUT2D eigenvalue weighted by Crippen LogP contribution is -2.29. The number of aryl methyl sites for hydroxylation is 2. The van der Waals surface area contributed by atoms with Gasteiger partial charge in [0.15, 0.2) is 0 Å². The van der Waals surface area contributed by atoms with Gasteiger partial charge in [0.1, 0.15) is 5.82 Å². The number of benzene rings is 3. The Morgan fingerprint density at radius 3 is 2.31 bits per heavy atom. The van der Waals surface area contributed by atoms with Gasteiger partial charge in [0.2, 0.25) is 0 Å². The van der Waals surface area contributed by atoms with E-state index in [9.17, 15) is 0 Å². The van der Waals surface area contributed by atoms with E-state index in [0.717, 1.165) is 61.0 Å². The first kappa shape index (κ1) is 38.2. The van der Waals surface area contributed by atoms with Crippen molar-refractivity contribution in [1.29, 1.82) is 0 Å². The largest absolute Gasteiger partial charge is 0.371 e. The molecule has 7 rings (SSSR count). The number of halogens is 2. The van der Waals surface area contributed by atoms with Crippen LogP contribution in [-0.4, -0.2) is 32.9 Å². The second-order valence-corrected chi connectivity index (χ2v) is 16.3. The molecule has 1 saturated carbocycles. The smallest absolute Gasteiger partial charge is 0.137 e. The second kappa shape index (κ2) is 17.5. The van der Waals surface area contributed by atoms with Crippen molar-refractivity contribution >= 4 is 45.5 Å². The van der Waals surface area contributed by atoms with Crippen molar-refractivity contribution in [1.82, 2.24) is 14.5 Å². The van der Waals surface area contributed by atoms with Crippen molar-refractivity contribution in [3.63, 3.8) is 0 Å². The molecule has 2 fully saturated rings. The summed E-state index contributed by atoms with van der Waals surface area (Å²) >= 11 is 12.7. The quantitative estimate of drug-likeness (QED) is 0.143. The minimum absolute atomic E-state index is 0.0665. The Hall–Kier alpha value is -3.53. The zero-order valence-corrected chi connectivity index (χ0v) is 33.2. The molecule has 0 amide bonds. The Bertz CT molecular complexity index is 1890. The average molecular weight is 735 g/mol. The van der Waals surface area contributed by atoms with Crippen LogP contribution < -0.4 is 0 Å². The monoisotopic (exact) mass is 733 g/mol. The number of nitrogens with zero attached hydrogens (tertiary/aromatic N) is 3. The van der Waals surface area contributed by atoms with Crippen molar-refractivity contribution in [2.24, 2.45) is 11.3 Å². The molecule has 2 heterocycles. The third-order valence-electron chi connectivity index (χ3n) is 11.5. The van der Waals surface area contributed by atoms with Crippen LogP contribution in [0.25, 0.3) is 22.3 Å². The van der Waals surface area contributed by atoms with Gasteiger partial charge in [0, 0.05) is 35.8 Å². The Balaban J connectivity index is 0.000000179. The van der Waals surface area contributed by atoms with Crippen LogP contribution in [0.3, 0.4) is 0 Å². The van der Waals surface area contributed by atoms with E-state index in [1.165, 1.54) is 90.3 Å². The van der Waals surface area contributed by atoms with E-state index in [2.05, 4.69) is 128 Å². The molecular weight excluding hydrogens is 677 g/mol. The van der Waals surface area contributed by atoms with E-state index >= 15 is 0 Å². The van der Waals surface area contributed by atoms with Crippen LogP contribution in [0.1, 0.15) is 106 Å². The topological polar surface area (TPSA) is 21.1 Å². The van der Waals surface area contributed by atoms with Crippen molar-refractivity contribution in [2.45, 2.75) is 103 Å². The van der Waals surface area contributed by atoms with Gasteiger partial charge >= 0.3 is 0 Å². The van der Waals surface area contributed by atoms with Crippen molar-refractivity contribution < 1.29 is 0 Å². The summed E-state index contributed by atoms with van der Waals surface area (Å²) in [7, 11) is 0. The number of alkyl halides is 1. The molecule has 2 aliphatic carbocycles. The molecule has 0 bridgehead atoms. The second-order valence-electron chi connectivity index (χ2n) is 15.3. The molecule has 0 N–H and O–H groups in total. The lowest BCUT2D eigenvalue weighted by Gasteiger charge is -2.34. The first-order chi connectivity index (χ1) is 25.2. The molecule has 0 radical (unpaired) electrons. The summed E-state index contributed by atoms with van der Waals surface area (Å²) in [5.74, 6) is 1.66. The fourth-order valence-corrected chi connectivity index (χ4v) is 8.86. The van der Waals surface area contributed by atoms with Crippen LogP contribution >= 0.6 is 23.2 Å². The summed E-state index contributed by atoms with van der Waals surface area (Å²) in [5.41, 5.74) is 11.4. The normalized spacial score (nSPS) is 20.6. The number of aromatic nitrogens is 2. The van der Waals surface area contributed by atoms with E-state index in [-0.39, 0.29) is 10.8 Å². The van der Waals surface area contributed by atoms with E-state index in [0.29, 0.717) is 5.92 Å². The number of fused-ring (bicyclic) bond motifs is 1. The minimum atomic E-state index is -0.0665. The van der Waals surface area contributed by atoms with Gasteiger partial charge in [-0.15, -0.1) is 11.6 Å². The van der Waals surface area contributed by atoms with Crippen LogP contribution in [0.2, 0.25) is 0 Å². The molecule has 0 spiro atoms. The molecule has 3 nitrogen and oxygen atoms in total. The molecule has 4 aromatic rings. The SMILES string of the molecule is C=C(c1ccc(CCC)cc1)N1CCC(CCC)(C2=CCC(Cl)C(Cl)=C2)C1.C=C(c1nc2ccccc2n1Cc1ccc(C)cc1)C1CCCCC1. The van der Waals surface area contributed by atoms with Gasteiger partial charge in [-0.2, -0.15) is 0 Å². The van der Waals surface area contributed by atoms with Crippen molar-refractivity contribution in [3.05, 3.63) is 137 Å². The number of likely N-dealkylation sites (tertiary alicyclic amines) is 1. The van der Waals surface area contributed by atoms with Gasteiger partial charge in [-0.3, -0.25) is 0 Å². The number of hydrogen-bond donors (Lipinski definition) is 0. The summed E-state index contributed by atoms with van der Waals surface area (Å²) in [6.07, 6.45) is 17.6. The number of imidazole rings is 1. The zero-order valence-electron chi connectivity index (χ0n) is 31.6. The van der Waals surface area contributed by atoms with Crippen molar-refractivity contribution in [2.75, 3.05) is 13.1 Å². The van der Waals surface area contributed by atoms with Gasteiger partial charge in [0.25, 0.3) is 0 Å². The molecule has 2 unspecified atom stereocenters. The highest BCUT2D eigenvalue weighted by Crippen LogP contribution is 2.47. The predicted molar refractivity (Wildman–Crippen MR) is 225 cm³/mol. The van der Waals surface area contributed by atoms with Gasteiger partial charge in [0.05, 0.1) is 16.4 Å². The molecule has 52 heavy (non-hydrogen) atoms. The molecule has 2 atom stereocenters. The Labute approximate surface area is 323 Å². The number of rotatable bonds is 11. The summed E-state index contributed by atoms with van der Waals surface area (Å²) in [5, 5.41) is 0.719. The summed E-state index contributed by atoms with van der Waals surface area (Å²) in [4.78, 5) is 7.42. The molecule has 3 aromatic carbocycles. The minimum Gasteiger partial charge on any atom is -0.371 e. The zero-order chi connectivity index (χ0) is 36.7. The highest BCUT2D eigenvalue weighted by molar-refractivity contribution is 6.37. The highest BCUT2D eigenvalue weighted by Gasteiger charge is 2.41. The maximum Gasteiger partial charge on any atom is 0.137 e. The fourth-order valence-electron chi connectivity index (χ4n) is 8.50. The molecule has 1 saturated heterocycles. The number of para-hydroxylation sites is 2. The molecule has 3 aliphatic rings. The lowest BCUT2D eigenvalue weighted by atomic mass is 9.74. The Morgan fingerprint density at radius 1 is 0.904 bits per heavy atom.